The zero-order chi connectivity index (χ0) is 21.7. The van der Waals surface area contributed by atoms with Gasteiger partial charge in [-0.3, -0.25) is 19.2 Å². The van der Waals surface area contributed by atoms with E-state index in [9.17, 15) is 19.2 Å². The second kappa shape index (κ2) is 9.08. The summed E-state index contributed by atoms with van der Waals surface area (Å²) in [6.07, 6.45) is 0.105. The maximum absolute atomic E-state index is 12.6. The number of nitrogens with one attached hydrogen (secondary N) is 2. The number of hydrogen-bond acceptors (Lipinski definition) is 5. The van der Waals surface area contributed by atoms with Gasteiger partial charge in [0.05, 0.1) is 13.0 Å². The van der Waals surface area contributed by atoms with Crippen LogP contribution >= 0.6 is 0 Å². The highest BCUT2D eigenvalue weighted by atomic mass is 16.5. The van der Waals surface area contributed by atoms with Crippen LogP contribution in [0.2, 0.25) is 0 Å². The lowest BCUT2D eigenvalue weighted by Crippen LogP contribution is -2.29. The van der Waals surface area contributed by atoms with Gasteiger partial charge in [0.1, 0.15) is 12.3 Å². The van der Waals surface area contributed by atoms with Crippen LogP contribution in [0.1, 0.15) is 16.8 Å². The van der Waals surface area contributed by atoms with E-state index in [4.69, 9.17) is 9.84 Å². The van der Waals surface area contributed by atoms with Crippen molar-refractivity contribution in [2.75, 3.05) is 30.4 Å². The van der Waals surface area contributed by atoms with E-state index in [1.54, 1.807) is 48.4 Å². The van der Waals surface area contributed by atoms with Crippen LogP contribution in [0.3, 0.4) is 0 Å². The topological polar surface area (TPSA) is 125 Å². The Kier molecular flexibility index (Phi) is 6.31. The third-order valence-electron chi connectivity index (χ3n) is 4.69. The van der Waals surface area contributed by atoms with Crippen LogP contribution in [0.15, 0.2) is 48.5 Å². The van der Waals surface area contributed by atoms with Crippen molar-refractivity contribution in [2.45, 2.75) is 6.42 Å². The van der Waals surface area contributed by atoms with Gasteiger partial charge in [-0.1, -0.05) is 0 Å². The summed E-state index contributed by atoms with van der Waals surface area (Å²) < 4.78 is 5.11. The lowest BCUT2D eigenvalue weighted by molar-refractivity contribution is -0.135. The number of methoxy groups -OCH3 is 1. The number of carbonyl (C=O) groups is 4. The van der Waals surface area contributed by atoms with Gasteiger partial charge in [-0.15, -0.1) is 0 Å². The third kappa shape index (κ3) is 4.93. The molecular weight excluding hydrogens is 390 g/mol. The van der Waals surface area contributed by atoms with E-state index >= 15 is 0 Å². The molecule has 1 aliphatic rings. The normalized spacial score (nSPS) is 15.6. The molecule has 3 N–H and O–H groups in total. The molecule has 9 nitrogen and oxygen atoms in total. The highest BCUT2D eigenvalue weighted by Gasteiger charge is 2.35. The van der Waals surface area contributed by atoms with Crippen molar-refractivity contribution in [3.8, 4) is 5.75 Å². The summed E-state index contributed by atoms with van der Waals surface area (Å²) in [5.74, 6) is -1.90. The average Bonchev–Trinajstić information content (AvgIpc) is 3.14. The molecule has 9 heteroatoms. The summed E-state index contributed by atoms with van der Waals surface area (Å²) in [5, 5.41) is 13.6. The molecule has 0 saturated carbocycles. The van der Waals surface area contributed by atoms with Crippen molar-refractivity contribution < 1.29 is 29.0 Å². The molecule has 30 heavy (non-hydrogen) atoms. The van der Waals surface area contributed by atoms with Crippen molar-refractivity contribution in [1.82, 2.24) is 5.32 Å². The molecule has 1 heterocycles. The Morgan fingerprint density at radius 2 is 1.77 bits per heavy atom. The van der Waals surface area contributed by atoms with Gasteiger partial charge < -0.3 is 25.4 Å². The molecular formula is C21H21N3O6. The molecule has 1 unspecified atom stereocenters. The Morgan fingerprint density at radius 1 is 1.10 bits per heavy atom. The minimum absolute atomic E-state index is 0.105. The molecule has 1 atom stereocenters. The number of carboxylic acid groups (broad SMARTS) is 1. The van der Waals surface area contributed by atoms with Crippen LogP contribution in [-0.4, -0.2) is 49.0 Å². The molecule has 0 aliphatic carbocycles. The summed E-state index contributed by atoms with van der Waals surface area (Å²) in [5.41, 5.74) is 1.45. The number of hydrogen-bond donors (Lipinski definition) is 3. The summed E-state index contributed by atoms with van der Waals surface area (Å²) >= 11 is 0. The predicted octanol–water partition coefficient (Wildman–Crippen LogP) is 1.50. The number of anilines is 2. The van der Waals surface area contributed by atoms with Crippen LogP contribution in [0.5, 0.6) is 5.75 Å². The van der Waals surface area contributed by atoms with E-state index in [1.165, 1.54) is 12.1 Å². The SMILES string of the molecule is COc1ccc(N2CC(C(=O)Nc3ccc(C(=O)NCC(=O)O)cc3)CC2=O)cc1. The minimum Gasteiger partial charge on any atom is -0.497 e. The summed E-state index contributed by atoms with van der Waals surface area (Å²) in [7, 11) is 1.56. The monoisotopic (exact) mass is 411 g/mol. The maximum Gasteiger partial charge on any atom is 0.322 e. The first-order chi connectivity index (χ1) is 14.4. The zero-order valence-corrected chi connectivity index (χ0v) is 16.3. The van der Waals surface area contributed by atoms with E-state index < -0.39 is 24.3 Å². The van der Waals surface area contributed by atoms with E-state index in [0.29, 0.717) is 17.1 Å². The van der Waals surface area contributed by atoms with E-state index in [2.05, 4.69) is 10.6 Å². The van der Waals surface area contributed by atoms with Crippen molar-refractivity contribution in [3.63, 3.8) is 0 Å². The Labute approximate surface area is 172 Å². The first kappa shape index (κ1) is 20.8. The summed E-state index contributed by atoms with van der Waals surface area (Å²) in [4.78, 5) is 48.8. The van der Waals surface area contributed by atoms with Crippen LogP contribution < -0.4 is 20.3 Å². The van der Waals surface area contributed by atoms with Crippen LogP contribution in [-0.2, 0) is 14.4 Å². The van der Waals surface area contributed by atoms with Gasteiger partial charge >= 0.3 is 5.97 Å². The van der Waals surface area contributed by atoms with Gasteiger partial charge in [-0.2, -0.15) is 0 Å². The number of benzene rings is 2. The summed E-state index contributed by atoms with van der Waals surface area (Å²) in [6.45, 7) is -0.204. The van der Waals surface area contributed by atoms with Gasteiger partial charge in [0, 0.05) is 29.9 Å². The molecule has 1 fully saturated rings. The molecule has 3 rings (SSSR count). The molecule has 0 bridgehead atoms. The Morgan fingerprint density at radius 3 is 2.37 bits per heavy atom. The van der Waals surface area contributed by atoms with E-state index in [1.807, 2.05) is 0 Å². The molecule has 0 aromatic heterocycles. The van der Waals surface area contributed by atoms with E-state index in [0.717, 1.165) is 0 Å². The highest BCUT2D eigenvalue weighted by molar-refractivity contribution is 6.03. The van der Waals surface area contributed by atoms with Crippen molar-refractivity contribution in [2.24, 2.45) is 5.92 Å². The quantitative estimate of drug-likeness (QED) is 0.634. The first-order valence-corrected chi connectivity index (χ1v) is 9.22. The second-order valence-electron chi connectivity index (χ2n) is 6.75. The van der Waals surface area contributed by atoms with Gasteiger partial charge in [0.2, 0.25) is 11.8 Å². The van der Waals surface area contributed by atoms with Crippen molar-refractivity contribution >= 4 is 35.1 Å². The van der Waals surface area contributed by atoms with Gasteiger partial charge in [0.25, 0.3) is 5.91 Å². The largest absolute Gasteiger partial charge is 0.497 e. The van der Waals surface area contributed by atoms with E-state index in [-0.39, 0.29) is 30.3 Å². The van der Waals surface area contributed by atoms with Gasteiger partial charge in [-0.25, -0.2) is 0 Å². The highest BCUT2D eigenvalue weighted by Crippen LogP contribution is 2.27. The fourth-order valence-electron chi connectivity index (χ4n) is 3.10. The Balaban J connectivity index is 1.58. The minimum atomic E-state index is -1.14. The van der Waals surface area contributed by atoms with Crippen molar-refractivity contribution in [3.05, 3.63) is 54.1 Å². The number of aliphatic carboxylic acids is 1. The van der Waals surface area contributed by atoms with Crippen LogP contribution in [0, 0.1) is 5.92 Å². The average molecular weight is 411 g/mol. The number of amides is 3. The molecule has 156 valence electrons. The lowest BCUT2D eigenvalue weighted by Gasteiger charge is -2.17. The molecule has 2 aromatic carbocycles. The van der Waals surface area contributed by atoms with Gasteiger partial charge in [0.15, 0.2) is 0 Å². The number of rotatable bonds is 7. The molecule has 0 spiro atoms. The molecule has 1 aliphatic heterocycles. The standard InChI is InChI=1S/C21H21N3O6/c1-30-17-8-6-16(7-9-17)24-12-14(10-18(24)25)21(29)23-15-4-2-13(3-5-15)20(28)22-11-19(26)27/h2-9,14H,10-12H2,1H3,(H,22,28)(H,23,29)(H,26,27). The first-order valence-electron chi connectivity index (χ1n) is 9.22. The fourth-order valence-corrected chi connectivity index (χ4v) is 3.10. The van der Waals surface area contributed by atoms with Crippen molar-refractivity contribution in [1.29, 1.82) is 0 Å². The smallest absolute Gasteiger partial charge is 0.322 e. The second-order valence-corrected chi connectivity index (χ2v) is 6.75. The molecule has 0 radical (unpaired) electrons. The Hall–Kier alpha value is -3.88. The van der Waals surface area contributed by atoms with Gasteiger partial charge in [-0.05, 0) is 48.5 Å². The lowest BCUT2D eigenvalue weighted by atomic mass is 10.1. The van der Waals surface area contributed by atoms with Crippen LogP contribution in [0.25, 0.3) is 0 Å². The maximum atomic E-state index is 12.6. The number of nitrogens with zero attached hydrogens (tertiary/aromatic N) is 1. The fraction of sp³-hybridized carbons (Fsp3) is 0.238. The number of carbonyl (C=O) groups excluding carboxylic acids is 3. The predicted molar refractivity (Wildman–Crippen MR) is 108 cm³/mol. The zero-order valence-electron chi connectivity index (χ0n) is 16.3. The number of ether oxygens (including phenoxy) is 1. The summed E-state index contributed by atoms with van der Waals surface area (Å²) in [6, 6.07) is 13.1. The number of carboxylic acids is 1. The molecule has 1 saturated heterocycles. The third-order valence-corrected chi connectivity index (χ3v) is 4.69. The van der Waals surface area contributed by atoms with Crippen LogP contribution in [0.4, 0.5) is 11.4 Å². The Bertz CT molecular complexity index is 956. The molecule has 2 aromatic rings. The molecule has 3 amide bonds.